The lowest BCUT2D eigenvalue weighted by molar-refractivity contribution is -0.0453. The highest BCUT2D eigenvalue weighted by atomic mass is 127. The summed E-state index contributed by atoms with van der Waals surface area (Å²) in [6.45, 7) is 8.19. The number of fused-ring (bicyclic) bond motifs is 1. The van der Waals surface area contributed by atoms with Crippen molar-refractivity contribution in [3.63, 3.8) is 0 Å². The van der Waals surface area contributed by atoms with E-state index in [4.69, 9.17) is 9.73 Å². The second kappa shape index (κ2) is 11.7. The number of aromatic nitrogens is 2. The van der Waals surface area contributed by atoms with Crippen LogP contribution in [-0.4, -0.2) is 65.6 Å². The summed E-state index contributed by atoms with van der Waals surface area (Å²) in [6, 6.07) is 11.0. The summed E-state index contributed by atoms with van der Waals surface area (Å²) in [5.41, 5.74) is 2.46. The number of morpholine rings is 1. The lowest BCUT2D eigenvalue weighted by Gasteiger charge is -2.35. The summed E-state index contributed by atoms with van der Waals surface area (Å²) in [6.07, 6.45) is 6.60. The van der Waals surface area contributed by atoms with Crippen LogP contribution in [0.15, 0.2) is 47.7 Å². The molecule has 0 spiro atoms. The van der Waals surface area contributed by atoms with Crippen LogP contribution in [0.25, 0.3) is 0 Å². The van der Waals surface area contributed by atoms with Gasteiger partial charge >= 0.3 is 0 Å². The molecule has 0 saturated carbocycles. The zero-order chi connectivity index (χ0) is 19.9. The van der Waals surface area contributed by atoms with Crippen LogP contribution >= 0.6 is 24.0 Å². The molecule has 2 unspecified atom stereocenters. The average Bonchev–Trinajstić information content (AvgIpc) is 3.42. The standard InChI is InChI=1S/C22H32N6O.HI/c1-2-23-22(25-14-21-16-27-11-5-9-20(27)17-29-21)24-13-18-7-3-4-8-19(18)15-28-12-6-10-26-28;/h3-4,6-8,10,12,20-21H,2,5,9,11,13-17H2,1H3,(H2,23,24,25);1H. The van der Waals surface area contributed by atoms with Gasteiger partial charge in [0.15, 0.2) is 5.96 Å². The fourth-order valence-electron chi connectivity index (χ4n) is 4.16. The Bertz CT molecular complexity index is 797. The lowest BCUT2D eigenvalue weighted by Crippen LogP contribution is -2.51. The molecule has 1 aromatic heterocycles. The summed E-state index contributed by atoms with van der Waals surface area (Å²) in [5, 5.41) is 11.2. The molecule has 0 amide bonds. The monoisotopic (exact) mass is 524 g/mol. The van der Waals surface area contributed by atoms with Gasteiger partial charge in [-0.1, -0.05) is 24.3 Å². The van der Waals surface area contributed by atoms with Gasteiger partial charge in [-0.3, -0.25) is 9.58 Å². The molecule has 0 aliphatic carbocycles. The molecule has 2 N–H and O–H groups in total. The van der Waals surface area contributed by atoms with Crippen molar-refractivity contribution < 1.29 is 4.74 Å². The van der Waals surface area contributed by atoms with Crippen LogP contribution in [0.2, 0.25) is 0 Å². The minimum Gasteiger partial charge on any atom is -0.373 e. The quantitative estimate of drug-likeness (QED) is 0.331. The van der Waals surface area contributed by atoms with E-state index in [0.29, 0.717) is 12.6 Å². The highest BCUT2D eigenvalue weighted by Gasteiger charge is 2.32. The third-order valence-electron chi connectivity index (χ3n) is 5.72. The second-order valence-electron chi connectivity index (χ2n) is 7.79. The SMILES string of the molecule is CCNC(=NCc1ccccc1Cn1cccn1)NCC1CN2CCCC2CO1.I. The Hall–Kier alpha value is -1.65. The van der Waals surface area contributed by atoms with Gasteiger partial charge in [0.2, 0.25) is 0 Å². The summed E-state index contributed by atoms with van der Waals surface area (Å²) in [4.78, 5) is 7.39. The third kappa shape index (κ3) is 6.18. The molecular weight excluding hydrogens is 491 g/mol. The number of halogens is 1. The molecule has 2 aromatic rings. The Kier molecular flexibility index (Phi) is 8.95. The van der Waals surface area contributed by atoms with Crippen LogP contribution < -0.4 is 10.6 Å². The molecular formula is C22H33IN6O. The molecule has 2 atom stereocenters. The fourth-order valence-corrected chi connectivity index (χ4v) is 4.16. The van der Waals surface area contributed by atoms with Crippen molar-refractivity contribution in [1.82, 2.24) is 25.3 Å². The van der Waals surface area contributed by atoms with E-state index in [1.54, 1.807) is 0 Å². The molecule has 0 bridgehead atoms. The van der Waals surface area contributed by atoms with Gasteiger partial charge in [-0.2, -0.15) is 5.10 Å². The maximum Gasteiger partial charge on any atom is 0.191 e. The van der Waals surface area contributed by atoms with E-state index < -0.39 is 0 Å². The van der Waals surface area contributed by atoms with Crippen molar-refractivity contribution in [3.8, 4) is 0 Å². The van der Waals surface area contributed by atoms with Crippen molar-refractivity contribution in [2.75, 3.05) is 32.8 Å². The third-order valence-corrected chi connectivity index (χ3v) is 5.72. The Morgan fingerprint density at radius 3 is 2.90 bits per heavy atom. The molecule has 3 heterocycles. The zero-order valence-corrected chi connectivity index (χ0v) is 20.0. The molecule has 30 heavy (non-hydrogen) atoms. The minimum atomic E-state index is 0. The van der Waals surface area contributed by atoms with Gasteiger partial charge in [-0.05, 0) is 43.5 Å². The molecule has 8 heteroatoms. The van der Waals surface area contributed by atoms with E-state index >= 15 is 0 Å². The molecule has 1 aromatic carbocycles. The van der Waals surface area contributed by atoms with Gasteiger partial charge in [0.1, 0.15) is 0 Å². The second-order valence-corrected chi connectivity index (χ2v) is 7.79. The number of aliphatic imine (C=N–C) groups is 1. The van der Waals surface area contributed by atoms with Gasteiger partial charge in [0.05, 0.1) is 25.8 Å². The van der Waals surface area contributed by atoms with Crippen molar-refractivity contribution in [2.24, 2.45) is 4.99 Å². The van der Waals surface area contributed by atoms with E-state index in [1.807, 2.05) is 23.1 Å². The number of guanidine groups is 1. The van der Waals surface area contributed by atoms with Crippen LogP contribution in [0.3, 0.4) is 0 Å². The fraction of sp³-hybridized carbons (Fsp3) is 0.545. The number of nitrogens with zero attached hydrogens (tertiary/aromatic N) is 4. The van der Waals surface area contributed by atoms with Gasteiger partial charge in [0, 0.05) is 38.1 Å². The topological polar surface area (TPSA) is 66.7 Å². The van der Waals surface area contributed by atoms with Gasteiger partial charge in [-0.25, -0.2) is 4.99 Å². The number of ether oxygens (including phenoxy) is 1. The molecule has 2 aliphatic heterocycles. The van der Waals surface area contributed by atoms with E-state index in [1.165, 1.54) is 30.5 Å². The van der Waals surface area contributed by atoms with Gasteiger partial charge in [-0.15, -0.1) is 24.0 Å². The maximum atomic E-state index is 6.06. The van der Waals surface area contributed by atoms with Gasteiger partial charge < -0.3 is 15.4 Å². The van der Waals surface area contributed by atoms with E-state index in [0.717, 1.165) is 38.7 Å². The van der Waals surface area contributed by atoms with Gasteiger partial charge in [0.25, 0.3) is 0 Å². The van der Waals surface area contributed by atoms with Crippen molar-refractivity contribution in [3.05, 3.63) is 53.9 Å². The first kappa shape index (κ1) is 23.0. The maximum absolute atomic E-state index is 6.06. The molecule has 164 valence electrons. The van der Waals surface area contributed by atoms with E-state index in [9.17, 15) is 0 Å². The largest absolute Gasteiger partial charge is 0.373 e. The van der Waals surface area contributed by atoms with Crippen LogP contribution in [0.1, 0.15) is 30.9 Å². The molecule has 2 aliphatic rings. The predicted molar refractivity (Wildman–Crippen MR) is 130 cm³/mol. The first-order chi connectivity index (χ1) is 14.3. The summed E-state index contributed by atoms with van der Waals surface area (Å²) in [5.74, 6) is 0.841. The summed E-state index contributed by atoms with van der Waals surface area (Å²) >= 11 is 0. The number of rotatable bonds is 7. The van der Waals surface area contributed by atoms with Crippen molar-refractivity contribution >= 4 is 29.9 Å². The van der Waals surface area contributed by atoms with Crippen LogP contribution in [0, 0.1) is 0 Å². The van der Waals surface area contributed by atoms with E-state index in [-0.39, 0.29) is 30.1 Å². The van der Waals surface area contributed by atoms with Crippen LogP contribution in [-0.2, 0) is 17.8 Å². The lowest BCUT2D eigenvalue weighted by atomic mass is 10.1. The molecule has 4 rings (SSSR count). The molecule has 2 fully saturated rings. The summed E-state index contributed by atoms with van der Waals surface area (Å²) in [7, 11) is 0. The number of benzene rings is 1. The Morgan fingerprint density at radius 2 is 2.10 bits per heavy atom. The molecule has 0 radical (unpaired) electrons. The Balaban J connectivity index is 0.00000256. The number of hydrogen-bond acceptors (Lipinski definition) is 4. The number of hydrogen-bond donors (Lipinski definition) is 2. The zero-order valence-electron chi connectivity index (χ0n) is 17.7. The number of nitrogens with one attached hydrogen (secondary N) is 2. The Labute approximate surface area is 196 Å². The highest BCUT2D eigenvalue weighted by Crippen LogP contribution is 2.22. The van der Waals surface area contributed by atoms with Crippen molar-refractivity contribution in [2.45, 2.75) is 45.0 Å². The first-order valence-electron chi connectivity index (χ1n) is 10.7. The molecule has 2 saturated heterocycles. The smallest absolute Gasteiger partial charge is 0.191 e. The van der Waals surface area contributed by atoms with E-state index in [2.05, 4.69) is 51.8 Å². The van der Waals surface area contributed by atoms with Crippen molar-refractivity contribution in [1.29, 1.82) is 0 Å². The predicted octanol–water partition coefficient (Wildman–Crippen LogP) is 2.47. The van der Waals surface area contributed by atoms with Crippen LogP contribution in [0.5, 0.6) is 0 Å². The van der Waals surface area contributed by atoms with Crippen LogP contribution in [0.4, 0.5) is 0 Å². The average molecular weight is 524 g/mol. The Morgan fingerprint density at radius 1 is 1.23 bits per heavy atom. The molecule has 7 nitrogen and oxygen atoms in total. The normalized spacial score (nSPS) is 21.7. The first-order valence-corrected chi connectivity index (χ1v) is 10.7. The minimum absolute atomic E-state index is 0. The highest BCUT2D eigenvalue weighted by molar-refractivity contribution is 14.0. The summed E-state index contributed by atoms with van der Waals surface area (Å²) < 4.78 is 8.01.